The van der Waals surface area contributed by atoms with E-state index < -0.39 is 0 Å². The Kier molecular flexibility index (Phi) is 8.42. The van der Waals surface area contributed by atoms with Crippen molar-refractivity contribution in [2.75, 3.05) is 0 Å². The predicted molar refractivity (Wildman–Crippen MR) is 256 cm³/mol. The van der Waals surface area contributed by atoms with Crippen molar-refractivity contribution in [3.8, 4) is 67.8 Å². The van der Waals surface area contributed by atoms with E-state index in [0.717, 1.165) is 50.2 Å². The van der Waals surface area contributed by atoms with Crippen LogP contribution in [-0.2, 0) is 0 Å². The lowest BCUT2D eigenvalue weighted by Crippen LogP contribution is -2.00. The van der Waals surface area contributed by atoms with E-state index in [-0.39, 0.29) is 0 Å². The van der Waals surface area contributed by atoms with Crippen LogP contribution in [-0.4, -0.2) is 24.1 Å². The third-order valence-corrected chi connectivity index (χ3v) is 12.0. The Bertz CT molecular complexity index is 3530. The summed E-state index contributed by atoms with van der Waals surface area (Å²) in [5.41, 5.74) is 14.4. The zero-order valence-corrected chi connectivity index (χ0v) is 33.6. The third-order valence-electron chi connectivity index (χ3n) is 12.0. The van der Waals surface area contributed by atoms with Gasteiger partial charge in [0.05, 0.1) is 22.1 Å². The molecule has 3 aromatic heterocycles. The van der Waals surface area contributed by atoms with Crippen LogP contribution in [0, 0.1) is 0 Å². The predicted octanol–water partition coefficient (Wildman–Crippen LogP) is 14.4. The molecule has 12 rings (SSSR count). The number of hydrogen-bond acceptors (Lipinski definition) is 3. The summed E-state index contributed by atoms with van der Waals surface area (Å²) in [5.74, 6) is 1.89. The monoisotopic (exact) mass is 791 g/mol. The van der Waals surface area contributed by atoms with E-state index in [4.69, 9.17) is 15.0 Å². The van der Waals surface area contributed by atoms with Gasteiger partial charge in [-0.1, -0.05) is 164 Å². The summed E-state index contributed by atoms with van der Waals surface area (Å²) in [4.78, 5) is 15.1. The molecule has 0 aliphatic carbocycles. The van der Waals surface area contributed by atoms with Crippen molar-refractivity contribution >= 4 is 43.6 Å². The second kappa shape index (κ2) is 14.7. The number of hydrogen-bond donors (Lipinski definition) is 0. The molecular weight excluding hydrogens is 755 g/mol. The van der Waals surface area contributed by atoms with E-state index in [1.807, 2.05) is 36.4 Å². The normalized spacial score (nSPS) is 11.5. The molecule has 62 heavy (non-hydrogen) atoms. The van der Waals surface area contributed by atoms with Crippen LogP contribution in [0.4, 0.5) is 0 Å². The van der Waals surface area contributed by atoms with Crippen LogP contribution in [0.1, 0.15) is 0 Å². The van der Waals surface area contributed by atoms with Crippen molar-refractivity contribution in [3.05, 3.63) is 224 Å². The molecule has 0 N–H and O–H groups in total. The Morgan fingerprint density at radius 3 is 1.02 bits per heavy atom. The molecule has 0 bridgehead atoms. The minimum atomic E-state index is 0.624. The Morgan fingerprint density at radius 2 is 0.532 bits per heavy atom. The Balaban J connectivity index is 0.913. The molecule has 0 saturated carbocycles. The molecule has 0 aliphatic heterocycles. The molecular formula is C57H37N5. The van der Waals surface area contributed by atoms with Gasteiger partial charge in [0.1, 0.15) is 0 Å². The largest absolute Gasteiger partial charge is 0.309 e. The highest BCUT2D eigenvalue weighted by molar-refractivity contribution is 6.12. The topological polar surface area (TPSA) is 48.5 Å². The quantitative estimate of drug-likeness (QED) is 0.162. The van der Waals surface area contributed by atoms with Gasteiger partial charge in [-0.15, -0.1) is 0 Å². The second-order valence-electron chi connectivity index (χ2n) is 15.7. The SMILES string of the molecule is c1ccc(-c2ccc(-c3ccc(-c4nc(-c5ccccc5)nc(-c5ccc(-n6c7ccccc7c7cc(-n8c9ccccc9c9ccccc98)ccc76)cc5)n4)cc3)cc2)cc1. The molecule has 0 fully saturated rings. The maximum absolute atomic E-state index is 5.09. The average molecular weight is 792 g/mol. The van der Waals surface area contributed by atoms with Gasteiger partial charge in [0.2, 0.25) is 0 Å². The van der Waals surface area contributed by atoms with Crippen LogP contribution in [0.2, 0.25) is 0 Å². The number of benzene rings is 9. The van der Waals surface area contributed by atoms with Crippen molar-refractivity contribution < 1.29 is 0 Å². The lowest BCUT2D eigenvalue weighted by atomic mass is 9.99. The van der Waals surface area contributed by atoms with Gasteiger partial charge in [-0.25, -0.2) is 15.0 Å². The zero-order chi connectivity index (χ0) is 41.0. The number of para-hydroxylation sites is 3. The molecule has 9 aromatic carbocycles. The highest BCUT2D eigenvalue weighted by Crippen LogP contribution is 2.37. The highest BCUT2D eigenvalue weighted by atomic mass is 15.0. The lowest BCUT2D eigenvalue weighted by molar-refractivity contribution is 1.07. The summed E-state index contributed by atoms with van der Waals surface area (Å²) in [6.45, 7) is 0. The maximum Gasteiger partial charge on any atom is 0.164 e. The van der Waals surface area contributed by atoms with Crippen molar-refractivity contribution in [1.82, 2.24) is 24.1 Å². The fourth-order valence-corrected chi connectivity index (χ4v) is 8.99. The van der Waals surface area contributed by atoms with Crippen LogP contribution in [0.3, 0.4) is 0 Å². The van der Waals surface area contributed by atoms with E-state index in [0.29, 0.717) is 17.5 Å². The van der Waals surface area contributed by atoms with Crippen LogP contribution in [0.25, 0.3) is 111 Å². The fraction of sp³-hybridized carbons (Fsp3) is 0. The molecule has 5 heteroatoms. The van der Waals surface area contributed by atoms with Crippen molar-refractivity contribution in [2.24, 2.45) is 0 Å². The third kappa shape index (κ3) is 6.06. The summed E-state index contributed by atoms with van der Waals surface area (Å²) < 4.78 is 4.74. The van der Waals surface area contributed by atoms with Crippen LogP contribution in [0.5, 0.6) is 0 Å². The summed E-state index contributed by atoms with van der Waals surface area (Å²) in [7, 11) is 0. The van der Waals surface area contributed by atoms with Gasteiger partial charge >= 0.3 is 0 Å². The van der Waals surface area contributed by atoms with Gasteiger partial charge in [-0.3, -0.25) is 0 Å². The smallest absolute Gasteiger partial charge is 0.164 e. The molecule has 0 radical (unpaired) electrons. The van der Waals surface area contributed by atoms with Gasteiger partial charge < -0.3 is 9.13 Å². The zero-order valence-electron chi connectivity index (χ0n) is 33.6. The molecule has 0 unspecified atom stereocenters. The Morgan fingerprint density at radius 1 is 0.226 bits per heavy atom. The molecule has 0 amide bonds. The van der Waals surface area contributed by atoms with Gasteiger partial charge in [0.25, 0.3) is 0 Å². The number of aromatic nitrogens is 5. The molecule has 0 saturated heterocycles. The van der Waals surface area contributed by atoms with Crippen molar-refractivity contribution in [2.45, 2.75) is 0 Å². The van der Waals surface area contributed by atoms with Crippen molar-refractivity contribution in [1.29, 1.82) is 0 Å². The number of rotatable bonds is 7. The van der Waals surface area contributed by atoms with Gasteiger partial charge in [0.15, 0.2) is 17.5 Å². The van der Waals surface area contributed by atoms with E-state index >= 15 is 0 Å². The number of fused-ring (bicyclic) bond motifs is 6. The van der Waals surface area contributed by atoms with Crippen LogP contribution in [0.15, 0.2) is 224 Å². The van der Waals surface area contributed by atoms with E-state index in [2.05, 4.69) is 197 Å². The standard InChI is InChI=1S/C57H37N5/c1-3-13-38(14-4-1)39-23-25-40(26-24-39)41-27-29-43(30-28-41)56-58-55(42-15-5-2-6-16-42)59-57(60-56)44-31-33-45(34-32-44)61-53-22-12-9-19-49(53)50-37-46(35-36-54(50)61)62-51-20-10-7-17-47(51)48-18-8-11-21-52(48)62/h1-37H. The first kappa shape index (κ1) is 35.5. The molecule has 3 heterocycles. The molecule has 290 valence electrons. The van der Waals surface area contributed by atoms with Gasteiger partial charge in [0, 0.05) is 49.6 Å². The maximum atomic E-state index is 5.09. The molecule has 5 nitrogen and oxygen atoms in total. The Hall–Kier alpha value is -8.41. The minimum absolute atomic E-state index is 0.624. The van der Waals surface area contributed by atoms with E-state index in [9.17, 15) is 0 Å². The fourth-order valence-electron chi connectivity index (χ4n) is 8.99. The van der Waals surface area contributed by atoms with Crippen LogP contribution >= 0.6 is 0 Å². The first-order chi connectivity index (χ1) is 30.7. The van der Waals surface area contributed by atoms with E-state index in [1.54, 1.807) is 0 Å². The molecule has 0 spiro atoms. The summed E-state index contributed by atoms with van der Waals surface area (Å²) in [6.07, 6.45) is 0. The molecule has 0 atom stereocenters. The van der Waals surface area contributed by atoms with E-state index in [1.165, 1.54) is 43.7 Å². The van der Waals surface area contributed by atoms with Crippen LogP contribution < -0.4 is 0 Å². The summed E-state index contributed by atoms with van der Waals surface area (Å²) in [5, 5.41) is 4.92. The number of nitrogens with zero attached hydrogens (tertiary/aromatic N) is 5. The highest BCUT2D eigenvalue weighted by Gasteiger charge is 2.18. The average Bonchev–Trinajstić information content (AvgIpc) is 3.87. The first-order valence-corrected chi connectivity index (χ1v) is 20.9. The van der Waals surface area contributed by atoms with Crippen molar-refractivity contribution in [3.63, 3.8) is 0 Å². The lowest BCUT2D eigenvalue weighted by Gasteiger charge is -2.12. The first-order valence-electron chi connectivity index (χ1n) is 20.9. The molecule has 0 aliphatic rings. The second-order valence-corrected chi connectivity index (χ2v) is 15.7. The molecule has 12 aromatic rings. The Labute approximate surface area is 358 Å². The minimum Gasteiger partial charge on any atom is -0.309 e. The summed E-state index contributed by atoms with van der Waals surface area (Å²) >= 11 is 0. The summed E-state index contributed by atoms with van der Waals surface area (Å²) in [6, 6.07) is 79.3. The van der Waals surface area contributed by atoms with Gasteiger partial charge in [-0.2, -0.15) is 0 Å². The van der Waals surface area contributed by atoms with Gasteiger partial charge in [-0.05, 0) is 82.9 Å².